The quantitative estimate of drug-likeness (QED) is 0.271. The molecule has 0 aliphatic rings. The number of aliphatic imine (C=N–C) groups is 1. The highest BCUT2D eigenvalue weighted by Gasteiger charge is 2.02. The first-order valence-corrected chi connectivity index (χ1v) is 9.14. The molecule has 0 atom stereocenters. The summed E-state index contributed by atoms with van der Waals surface area (Å²) >= 11 is 1.61. The van der Waals surface area contributed by atoms with E-state index in [1.54, 1.807) is 17.4 Å². The maximum Gasteiger partial charge on any atom is 0.185 e. The van der Waals surface area contributed by atoms with Gasteiger partial charge in [0.15, 0.2) is 5.78 Å². The van der Waals surface area contributed by atoms with Crippen molar-refractivity contribution in [1.29, 1.82) is 0 Å². The van der Waals surface area contributed by atoms with Crippen molar-refractivity contribution in [2.75, 3.05) is 0 Å². The number of carbonyl (C=O) groups excluding carboxylic acids is 1. The predicted molar refractivity (Wildman–Crippen MR) is 110 cm³/mol. The highest BCUT2D eigenvalue weighted by Crippen LogP contribution is 2.19. The van der Waals surface area contributed by atoms with E-state index in [1.165, 1.54) is 0 Å². The number of H-pyrrole nitrogens is 1. The number of thiophene rings is 1. The lowest BCUT2D eigenvalue weighted by Crippen LogP contribution is -1.92. The molecule has 26 heavy (non-hydrogen) atoms. The standard InChI is InChI=1S/C22H16N2OS/c25-22(12-11-19-4-3-13-26-19)16-7-9-18(10-8-16)23-14-17-15-24-21-6-2-1-5-20(17)21/h1-15,24H/b12-11+,23-14?. The second-order valence-corrected chi connectivity index (χ2v) is 6.79. The topological polar surface area (TPSA) is 45.2 Å². The van der Waals surface area contributed by atoms with Gasteiger partial charge in [-0.05, 0) is 53.9 Å². The molecule has 2 aromatic carbocycles. The van der Waals surface area contributed by atoms with E-state index in [9.17, 15) is 4.79 Å². The Balaban J connectivity index is 1.48. The van der Waals surface area contributed by atoms with Crippen LogP contribution in [-0.2, 0) is 0 Å². The lowest BCUT2D eigenvalue weighted by molar-refractivity contribution is 0.104. The molecule has 0 aliphatic heterocycles. The van der Waals surface area contributed by atoms with Crippen LogP contribution in [0, 0.1) is 0 Å². The van der Waals surface area contributed by atoms with E-state index < -0.39 is 0 Å². The van der Waals surface area contributed by atoms with E-state index >= 15 is 0 Å². The lowest BCUT2D eigenvalue weighted by Gasteiger charge is -1.97. The number of para-hydroxylation sites is 1. The number of nitrogens with one attached hydrogen (secondary N) is 1. The number of carbonyl (C=O) groups is 1. The molecule has 4 heteroatoms. The summed E-state index contributed by atoms with van der Waals surface area (Å²) in [6.07, 6.45) is 7.24. The van der Waals surface area contributed by atoms with E-state index in [1.807, 2.05) is 78.5 Å². The molecular formula is C22H16N2OS. The molecule has 1 N–H and O–H groups in total. The Labute approximate surface area is 155 Å². The SMILES string of the molecule is O=C(/C=C/c1cccs1)c1ccc(N=Cc2c[nH]c3ccccc23)cc1. The van der Waals surface area contributed by atoms with Crippen molar-refractivity contribution >= 4 is 46.0 Å². The second kappa shape index (κ2) is 7.33. The monoisotopic (exact) mass is 356 g/mol. The largest absolute Gasteiger partial charge is 0.361 e. The van der Waals surface area contributed by atoms with Crippen LogP contribution >= 0.6 is 11.3 Å². The van der Waals surface area contributed by atoms with Crippen LogP contribution in [0.15, 0.2) is 83.3 Å². The van der Waals surface area contributed by atoms with Crippen LogP contribution in [-0.4, -0.2) is 17.0 Å². The minimum absolute atomic E-state index is 0.00874. The predicted octanol–water partition coefficient (Wildman–Crippen LogP) is 5.88. The minimum Gasteiger partial charge on any atom is -0.361 e. The van der Waals surface area contributed by atoms with Gasteiger partial charge in [-0.25, -0.2) is 0 Å². The van der Waals surface area contributed by atoms with E-state index in [4.69, 9.17) is 0 Å². The third-order valence-electron chi connectivity index (χ3n) is 4.07. The fourth-order valence-corrected chi connectivity index (χ4v) is 3.31. The number of allylic oxidation sites excluding steroid dienone is 1. The molecule has 126 valence electrons. The number of aromatic nitrogens is 1. The molecule has 0 aliphatic carbocycles. The van der Waals surface area contributed by atoms with Crippen molar-refractivity contribution < 1.29 is 4.79 Å². The van der Waals surface area contributed by atoms with Crippen LogP contribution in [0.1, 0.15) is 20.8 Å². The van der Waals surface area contributed by atoms with Crippen molar-refractivity contribution in [2.24, 2.45) is 4.99 Å². The first-order chi connectivity index (χ1) is 12.8. The highest BCUT2D eigenvalue weighted by atomic mass is 32.1. The molecule has 3 nitrogen and oxygen atoms in total. The third kappa shape index (κ3) is 3.55. The van der Waals surface area contributed by atoms with Crippen molar-refractivity contribution in [3.63, 3.8) is 0 Å². The summed E-state index contributed by atoms with van der Waals surface area (Å²) in [5.74, 6) is -0.00874. The smallest absolute Gasteiger partial charge is 0.185 e. The molecule has 4 rings (SSSR count). The van der Waals surface area contributed by atoms with Crippen molar-refractivity contribution in [2.45, 2.75) is 0 Å². The fourth-order valence-electron chi connectivity index (χ4n) is 2.70. The van der Waals surface area contributed by atoms with Crippen molar-refractivity contribution in [1.82, 2.24) is 4.98 Å². The Morgan fingerprint density at radius 3 is 2.65 bits per heavy atom. The maximum absolute atomic E-state index is 12.2. The summed E-state index contributed by atoms with van der Waals surface area (Å²) < 4.78 is 0. The molecule has 0 radical (unpaired) electrons. The number of rotatable bonds is 5. The lowest BCUT2D eigenvalue weighted by atomic mass is 10.1. The summed E-state index contributed by atoms with van der Waals surface area (Å²) in [6.45, 7) is 0. The number of benzene rings is 2. The van der Waals surface area contributed by atoms with Gasteiger partial charge in [-0.15, -0.1) is 11.3 Å². The summed E-state index contributed by atoms with van der Waals surface area (Å²) in [5, 5.41) is 3.13. The molecule has 4 aromatic rings. The zero-order valence-corrected chi connectivity index (χ0v) is 14.7. The zero-order chi connectivity index (χ0) is 17.8. The number of fused-ring (bicyclic) bond motifs is 1. The van der Waals surface area contributed by atoms with Gasteiger partial charge in [0.25, 0.3) is 0 Å². The van der Waals surface area contributed by atoms with Crippen molar-refractivity contribution in [3.8, 4) is 0 Å². The molecule has 2 aromatic heterocycles. The molecular weight excluding hydrogens is 340 g/mol. The molecule has 0 bridgehead atoms. The van der Waals surface area contributed by atoms with Gasteiger partial charge in [0.1, 0.15) is 0 Å². The van der Waals surface area contributed by atoms with Crippen LogP contribution in [0.25, 0.3) is 17.0 Å². The average Bonchev–Trinajstić information content (AvgIpc) is 3.35. The number of nitrogens with zero attached hydrogens (tertiary/aromatic N) is 1. The normalized spacial score (nSPS) is 11.7. The zero-order valence-electron chi connectivity index (χ0n) is 13.9. The second-order valence-electron chi connectivity index (χ2n) is 5.81. The first kappa shape index (κ1) is 16.2. The Morgan fingerprint density at radius 1 is 1.00 bits per heavy atom. The van der Waals surface area contributed by atoms with Gasteiger partial charge in [0.05, 0.1) is 5.69 Å². The summed E-state index contributed by atoms with van der Waals surface area (Å²) in [4.78, 5) is 21.0. The van der Waals surface area contributed by atoms with E-state index in [0.717, 1.165) is 27.0 Å². The summed E-state index contributed by atoms with van der Waals surface area (Å²) in [6, 6.07) is 19.4. The fraction of sp³-hybridized carbons (Fsp3) is 0. The van der Waals surface area contributed by atoms with Crippen LogP contribution < -0.4 is 0 Å². The molecule has 0 unspecified atom stereocenters. The van der Waals surface area contributed by atoms with Gasteiger partial charge in [0.2, 0.25) is 0 Å². The number of ketones is 1. The Morgan fingerprint density at radius 2 is 1.85 bits per heavy atom. The van der Waals surface area contributed by atoms with E-state index in [-0.39, 0.29) is 5.78 Å². The van der Waals surface area contributed by atoms with Gasteiger partial charge in [0, 0.05) is 39.3 Å². The van der Waals surface area contributed by atoms with E-state index in [2.05, 4.69) is 16.0 Å². The minimum atomic E-state index is -0.00874. The van der Waals surface area contributed by atoms with Crippen LogP contribution in [0.3, 0.4) is 0 Å². The molecule has 0 saturated carbocycles. The Kier molecular flexibility index (Phi) is 4.58. The van der Waals surface area contributed by atoms with Crippen LogP contribution in [0.4, 0.5) is 5.69 Å². The number of hydrogen-bond acceptors (Lipinski definition) is 3. The third-order valence-corrected chi connectivity index (χ3v) is 4.91. The number of aromatic amines is 1. The summed E-state index contributed by atoms with van der Waals surface area (Å²) in [5.41, 5.74) is 3.60. The number of hydrogen-bond donors (Lipinski definition) is 1. The summed E-state index contributed by atoms with van der Waals surface area (Å²) in [7, 11) is 0. The van der Waals surface area contributed by atoms with E-state index in [0.29, 0.717) is 5.56 Å². The van der Waals surface area contributed by atoms with Crippen LogP contribution in [0.2, 0.25) is 0 Å². The molecule has 2 heterocycles. The van der Waals surface area contributed by atoms with Gasteiger partial charge >= 0.3 is 0 Å². The van der Waals surface area contributed by atoms with Gasteiger partial charge in [-0.3, -0.25) is 9.79 Å². The van der Waals surface area contributed by atoms with Crippen LogP contribution in [0.5, 0.6) is 0 Å². The average molecular weight is 356 g/mol. The van der Waals surface area contributed by atoms with Crippen molar-refractivity contribution in [3.05, 3.63) is 94.3 Å². The van der Waals surface area contributed by atoms with Gasteiger partial charge < -0.3 is 4.98 Å². The highest BCUT2D eigenvalue weighted by molar-refractivity contribution is 7.10. The van der Waals surface area contributed by atoms with Gasteiger partial charge in [-0.1, -0.05) is 24.3 Å². The molecule has 0 fully saturated rings. The Bertz CT molecular complexity index is 1090. The molecule has 0 amide bonds. The maximum atomic E-state index is 12.2. The molecule has 0 saturated heterocycles. The molecule has 0 spiro atoms. The first-order valence-electron chi connectivity index (χ1n) is 8.26. The van der Waals surface area contributed by atoms with Gasteiger partial charge in [-0.2, -0.15) is 0 Å². The Hall–Kier alpha value is -3.24.